The third-order valence-corrected chi connectivity index (χ3v) is 2.71. The second-order valence-corrected chi connectivity index (χ2v) is 4.24. The summed E-state index contributed by atoms with van der Waals surface area (Å²) in [5.41, 5.74) is 8.76. The predicted octanol–water partition coefficient (Wildman–Crippen LogP) is 3.72. The van der Waals surface area contributed by atoms with Crippen molar-refractivity contribution in [2.75, 3.05) is 5.73 Å². The van der Waals surface area contributed by atoms with Gasteiger partial charge in [0, 0.05) is 5.69 Å². The van der Waals surface area contributed by atoms with Gasteiger partial charge in [0.15, 0.2) is 0 Å². The van der Waals surface area contributed by atoms with Gasteiger partial charge in [-0.1, -0.05) is 24.3 Å². The fourth-order valence-corrected chi connectivity index (χ4v) is 1.73. The summed E-state index contributed by atoms with van der Waals surface area (Å²) in [7, 11) is 0. The van der Waals surface area contributed by atoms with Gasteiger partial charge in [0.1, 0.15) is 11.9 Å². The SMILES string of the molecule is Cc1cccc(OC(C)c2ccc(N)cc2)c1. The van der Waals surface area contributed by atoms with Gasteiger partial charge in [0.05, 0.1) is 0 Å². The smallest absolute Gasteiger partial charge is 0.121 e. The van der Waals surface area contributed by atoms with Crippen LogP contribution in [0.15, 0.2) is 48.5 Å². The van der Waals surface area contributed by atoms with E-state index in [-0.39, 0.29) is 6.10 Å². The Morgan fingerprint density at radius 1 is 1.06 bits per heavy atom. The normalized spacial score (nSPS) is 12.1. The molecule has 2 N–H and O–H groups in total. The molecule has 0 amide bonds. The third kappa shape index (κ3) is 3.00. The van der Waals surface area contributed by atoms with Crippen molar-refractivity contribution < 1.29 is 4.74 Å². The molecule has 0 saturated carbocycles. The highest BCUT2D eigenvalue weighted by atomic mass is 16.5. The fourth-order valence-electron chi connectivity index (χ4n) is 1.73. The van der Waals surface area contributed by atoms with Crippen molar-refractivity contribution in [1.29, 1.82) is 0 Å². The van der Waals surface area contributed by atoms with Crippen LogP contribution in [0.25, 0.3) is 0 Å². The molecule has 0 fully saturated rings. The summed E-state index contributed by atoms with van der Waals surface area (Å²) in [5.74, 6) is 0.898. The Labute approximate surface area is 102 Å². The van der Waals surface area contributed by atoms with Crippen molar-refractivity contribution in [2.24, 2.45) is 0 Å². The Balaban J connectivity index is 2.11. The number of aryl methyl sites for hydroxylation is 1. The van der Waals surface area contributed by atoms with Crippen LogP contribution >= 0.6 is 0 Å². The molecule has 2 heteroatoms. The van der Waals surface area contributed by atoms with E-state index in [1.807, 2.05) is 49.4 Å². The largest absolute Gasteiger partial charge is 0.486 e. The van der Waals surface area contributed by atoms with E-state index < -0.39 is 0 Å². The van der Waals surface area contributed by atoms with Gasteiger partial charge < -0.3 is 10.5 Å². The summed E-state index contributed by atoms with van der Waals surface area (Å²) in [4.78, 5) is 0. The van der Waals surface area contributed by atoms with Crippen LogP contribution in [0.3, 0.4) is 0 Å². The van der Waals surface area contributed by atoms with Crippen LogP contribution in [0.5, 0.6) is 5.75 Å². The quantitative estimate of drug-likeness (QED) is 0.811. The molecular formula is C15H17NO. The van der Waals surface area contributed by atoms with Gasteiger partial charge >= 0.3 is 0 Å². The van der Waals surface area contributed by atoms with E-state index in [4.69, 9.17) is 10.5 Å². The van der Waals surface area contributed by atoms with Gasteiger partial charge in [0.2, 0.25) is 0 Å². The molecule has 0 aliphatic heterocycles. The molecule has 0 aliphatic carbocycles. The van der Waals surface area contributed by atoms with Crippen LogP contribution in [0.1, 0.15) is 24.2 Å². The molecule has 2 rings (SSSR count). The van der Waals surface area contributed by atoms with Gasteiger partial charge in [-0.15, -0.1) is 0 Å². The van der Waals surface area contributed by atoms with Crippen LogP contribution in [0.2, 0.25) is 0 Å². The lowest BCUT2D eigenvalue weighted by atomic mass is 10.1. The highest BCUT2D eigenvalue weighted by Gasteiger charge is 2.06. The molecule has 0 radical (unpaired) electrons. The predicted molar refractivity (Wildman–Crippen MR) is 71.1 cm³/mol. The number of nitrogens with two attached hydrogens (primary N) is 1. The van der Waals surface area contributed by atoms with E-state index in [9.17, 15) is 0 Å². The maximum Gasteiger partial charge on any atom is 0.121 e. The molecule has 1 unspecified atom stereocenters. The zero-order valence-electron chi connectivity index (χ0n) is 10.2. The van der Waals surface area contributed by atoms with Crippen LogP contribution in [0, 0.1) is 6.92 Å². The molecule has 0 spiro atoms. The second kappa shape index (κ2) is 4.91. The summed E-state index contributed by atoms with van der Waals surface area (Å²) < 4.78 is 5.88. The molecule has 0 heterocycles. The number of hydrogen-bond donors (Lipinski definition) is 1. The van der Waals surface area contributed by atoms with Gasteiger partial charge in [-0.25, -0.2) is 0 Å². The molecule has 0 bridgehead atoms. The molecule has 88 valence electrons. The minimum Gasteiger partial charge on any atom is -0.486 e. The van der Waals surface area contributed by atoms with Crippen molar-refractivity contribution in [3.8, 4) is 5.75 Å². The van der Waals surface area contributed by atoms with Crippen molar-refractivity contribution in [3.05, 3.63) is 59.7 Å². The van der Waals surface area contributed by atoms with E-state index in [0.29, 0.717) is 0 Å². The van der Waals surface area contributed by atoms with Crippen molar-refractivity contribution >= 4 is 5.69 Å². The van der Waals surface area contributed by atoms with Crippen molar-refractivity contribution in [2.45, 2.75) is 20.0 Å². The van der Waals surface area contributed by atoms with Crippen LogP contribution in [-0.2, 0) is 0 Å². The Bertz CT molecular complexity index is 491. The Morgan fingerprint density at radius 3 is 2.41 bits per heavy atom. The average Bonchev–Trinajstić information content (AvgIpc) is 2.29. The average molecular weight is 227 g/mol. The molecule has 0 saturated heterocycles. The van der Waals surface area contributed by atoms with Gasteiger partial charge in [-0.2, -0.15) is 0 Å². The third-order valence-electron chi connectivity index (χ3n) is 2.71. The first-order chi connectivity index (χ1) is 8.15. The molecular weight excluding hydrogens is 210 g/mol. The number of rotatable bonds is 3. The minimum absolute atomic E-state index is 0.0254. The zero-order valence-corrected chi connectivity index (χ0v) is 10.2. The zero-order chi connectivity index (χ0) is 12.3. The van der Waals surface area contributed by atoms with E-state index in [2.05, 4.69) is 13.0 Å². The molecule has 2 nitrogen and oxygen atoms in total. The highest BCUT2D eigenvalue weighted by Crippen LogP contribution is 2.22. The Hall–Kier alpha value is -1.96. The molecule has 1 atom stereocenters. The first-order valence-corrected chi connectivity index (χ1v) is 5.74. The number of ether oxygens (including phenoxy) is 1. The first kappa shape index (κ1) is 11.5. The summed E-state index contributed by atoms with van der Waals surface area (Å²) in [6.45, 7) is 4.09. The van der Waals surface area contributed by atoms with E-state index in [1.165, 1.54) is 5.56 Å². The summed E-state index contributed by atoms with van der Waals surface area (Å²) in [5, 5.41) is 0. The molecule has 2 aromatic rings. The maximum absolute atomic E-state index is 5.88. The molecule has 0 aromatic heterocycles. The Morgan fingerprint density at radius 2 is 1.76 bits per heavy atom. The molecule has 17 heavy (non-hydrogen) atoms. The van der Waals surface area contributed by atoms with E-state index in [1.54, 1.807) is 0 Å². The fraction of sp³-hybridized carbons (Fsp3) is 0.200. The van der Waals surface area contributed by atoms with Crippen molar-refractivity contribution in [1.82, 2.24) is 0 Å². The van der Waals surface area contributed by atoms with Crippen molar-refractivity contribution in [3.63, 3.8) is 0 Å². The van der Waals surface area contributed by atoms with Crippen LogP contribution < -0.4 is 10.5 Å². The molecule has 0 aliphatic rings. The second-order valence-electron chi connectivity index (χ2n) is 4.24. The monoisotopic (exact) mass is 227 g/mol. The van der Waals surface area contributed by atoms with Gasteiger partial charge in [-0.05, 0) is 49.2 Å². The summed E-state index contributed by atoms with van der Waals surface area (Å²) in [6, 6.07) is 15.8. The highest BCUT2D eigenvalue weighted by molar-refractivity contribution is 5.40. The lowest BCUT2D eigenvalue weighted by Gasteiger charge is -2.15. The van der Waals surface area contributed by atoms with Crippen LogP contribution in [-0.4, -0.2) is 0 Å². The number of anilines is 1. The lowest BCUT2D eigenvalue weighted by Crippen LogP contribution is -2.03. The van der Waals surface area contributed by atoms with Gasteiger partial charge in [0.25, 0.3) is 0 Å². The Kier molecular flexibility index (Phi) is 3.33. The standard InChI is InChI=1S/C15H17NO/c1-11-4-3-5-15(10-11)17-12(2)13-6-8-14(16)9-7-13/h3-10,12H,16H2,1-2H3. The topological polar surface area (TPSA) is 35.2 Å². The maximum atomic E-state index is 5.88. The van der Waals surface area contributed by atoms with Gasteiger partial charge in [-0.3, -0.25) is 0 Å². The minimum atomic E-state index is 0.0254. The molecule has 2 aromatic carbocycles. The van der Waals surface area contributed by atoms with Crippen LogP contribution in [0.4, 0.5) is 5.69 Å². The van der Waals surface area contributed by atoms with E-state index >= 15 is 0 Å². The summed E-state index contributed by atoms with van der Waals surface area (Å²) >= 11 is 0. The summed E-state index contributed by atoms with van der Waals surface area (Å²) in [6.07, 6.45) is 0.0254. The number of nitrogen functional groups attached to an aromatic ring is 1. The number of hydrogen-bond acceptors (Lipinski definition) is 2. The first-order valence-electron chi connectivity index (χ1n) is 5.74. The lowest BCUT2D eigenvalue weighted by molar-refractivity contribution is 0.227. The number of benzene rings is 2. The van der Waals surface area contributed by atoms with E-state index in [0.717, 1.165) is 17.0 Å².